The van der Waals surface area contributed by atoms with E-state index in [9.17, 15) is 0 Å². The highest BCUT2D eigenvalue weighted by Gasteiger charge is 2.14. The van der Waals surface area contributed by atoms with Gasteiger partial charge in [-0.15, -0.1) is 12.4 Å². The second kappa shape index (κ2) is 7.23. The maximum absolute atomic E-state index is 5.75. The van der Waals surface area contributed by atoms with E-state index in [-0.39, 0.29) is 12.4 Å². The number of nitrogens with zero attached hydrogens (tertiary/aromatic N) is 3. The molecule has 0 aliphatic carbocycles. The first-order valence-electron chi connectivity index (χ1n) is 7.10. The summed E-state index contributed by atoms with van der Waals surface area (Å²) in [6, 6.07) is 11.3. The van der Waals surface area contributed by atoms with E-state index in [0.29, 0.717) is 11.5 Å². The van der Waals surface area contributed by atoms with E-state index >= 15 is 0 Å². The molecular formula is C17H19ClN4O2. The molecule has 2 N–H and O–H groups in total. The summed E-state index contributed by atoms with van der Waals surface area (Å²) in [5.74, 6) is 2.06. The third-order valence-electron chi connectivity index (χ3n) is 3.72. The first kappa shape index (κ1) is 17.6. The third kappa shape index (κ3) is 3.14. The molecule has 3 rings (SSSR count). The minimum atomic E-state index is 0. The van der Waals surface area contributed by atoms with Gasteiger partial charge in [-0.2, -0.15) is 0 Å². The van der Waals surface area contributed by atoms with Gasteiger partial charge in [-0.05, 0) is 30.3 Å². The molecule has 0 radical (unpaired) electrons. The van der Waals surface area contributed by atoms with Crippen LogP contribution in [-0.4, -0.2) is 31.2 Å². The number of aromatic nitrogens is 2. The van der Waals surface area contributed by atoms with Gasteiger partial charge < -0.3 is 20.1 Å². The Balaban J connectivity index is 0.00000208. The summed E-state index contributed by atoms with van der Waals surface area (Å²) in [5.41, 5.74) is 8.24. The average molecular weight is 347 g/mol. The van der Waals surface area contributed by atoms with Gasteiger partial charge in [0.05, 0.1) is 19.7 Å². The molecular weight excluding hydrogens is 328 g/mol. The number of hydrogen-bond acceptors (Lipinski definition) is 6. The molecule has 0 aliphatic rings. The Bertz CT molecular complexity index is 840. The summed E-state index contributed by atoms with van der Waals surface area (Å²) < 4.78 is 10.7. The van der Waals surface area contributed by atoms with E-state index in [1.165, 1.54) is 6.33 Å². The first-order chi connectivity index (χ1) is 11.1. The van der Waals surface area contributed by atoms with Crippen molar-refractivity contribution in [2.75, 3.05) is 31.9 Å². The Morgan fingerprint density at radius 3 is 2.21 bits per heavy atom. The Labute approximate surface area is 146 Å². The Morgan fingerprint density at radius 2 is 1.58 bits per heavy atom. The van der Waals surface area contributed by atoms with Gasteiger partial charge in [0.2, 0.25) is 0 Å². The molecule has 24 heavy (non-hydrogen) atoms. The number of ether oxygens (including phenoxy) is 2. The maximum Gasteiger partial charge on any atom is 0.162 e. The van der Waals surface area contributed by atoms with Crippen LogP contribution in [0.4, 0.5) is 17.2 Å². The Kier molecular flexibility index (Phi) is 5.31. The van der Waals surface area contributed by atoms with Crippen molar-refractivity contribution >= 4 is 40.5 Å². The molecule has 0 fully saturated rings. The lowest BCUT2D eigenvalue weighted by Crippen LogP contribution is -2.12. The van der Waals surface area contributed by atoms with Crippen LogP contribution < -0.4 is 20.1 Å². The highest BCUT2D eigenvalue weighted by Crippen LogP contribution is 2.36. The summed E-state index contributed by atoms with van der Waals surface area (Å²) >= 11 is 0. The molecule has 126 valence electrons. The molecule has 0 bridgehead atoms. The molecule has 2 aromatic carbocycles. The molecule has 3 aromatic rings. The standard InChI is InChI=1S/C17H18N4O2.ClH/c1-21(12-6-4-11(18)5-7-12)17-13-8-15(22-2)16(23-3)9-14(13)19-10-20-17;/h4-10H,18H2,1-3H3;1H. The van der Waals surface area contributed by atoms with E-state index in [0.717, 1.165) is 28.1 Å². The molecule has 6 nitrogen and oxygen atoms in total. The first-order valence-corrected chi connectivity index (χ1v) is 7.10. The van der Waals surface area contributed by atoms with Gasteiger partial charge in [-0.1, -0.05) is 0 Å². The van der Waals surface area contributed by atoms with Crippen molar-refractivity contribution in [2.45, 2.75) is 0 Å². The number of nitrogens with two attached hydrogens (primary N) is 1. The fraction of sp³-hybridized carbons (Fsp3) is 0.176. The summed E-state index contributed by atoms with van der Waals surface area (Å²) in [5, 5.41) is 0.879. The lowest BCUT2D eigenvalue weighted by atomic mass is 10.2. The number of methoxy groups -OCH3 is 2. The Hall–Kier alpha value is -2.73. The highest BCUT2D eigenvalue weighted by molar-refractivity contribution is 5.93. The van der Waals surface area contributed by atoms with Gasteiger partial charge >= 0.3 is 0 Å². The van der Waals surface area contributed by atoms with E-state index in [4.69, 9.17) is 15.2 Å². The molecule has 7 heteroatoms. The molecule has 1 aromatic heterocycles. The van der Waals surface area contributed by atoms with E-state index in [2.05, 4.69) is 9.97 Å². The second-order valence-corrected chi connectivity index (χ2v) is 5.07. The van der Waals surface area contributed by atoms with Gasteiger partial charge in [-0.25, -0.2) is 9.97 Å². The summed E-state index contributed by atoms with van der Waals surface area (Å²) in [4.78, 5) is 10.7. The minimum absolute atomic E-state index is 0. The van der Waals surface area contributed by atoms with Gasteiger partial charge in [0, 0.05) is 29.9 Å². The molecule has 0 saturated carbocycles. The second-order valence-electron chi connectivity index (χ2n) is 5.07. The lowest BCUT2D eigenvalue weighted by Gasteiger charge is -2.20. The number of rotatable bonds is 4. The van der Waals surface area contributed by atoms with Crippen molar-refractivity contribution in [3.8, 4) is 11.5 Å². The highest BCUT2D eigenvalue weighted by atomic mass is 35.5. The smallest absolute Gasteiger partial charge is 0.162 e. The van der Waals surface area contributed by atoms with Crippen molar-refractivity contribution in [3.63, 3.8) is 0 Å². The fourth-order valence-corrected chi connectivity index (χ4v) is 2.46. The van der Waals surface area contributed by atoms with E-state index < -0.39 is 0 Å². The largest absolute Gasteiger partial charge is 0.493 e. The number of nitrogen functional groups attached to an aromatic ring is 1. The monoisotopic (exact) mass is 346 g/mol. The zero-order valence-corrected chi connectivity index (χ0v) is 14.5. The lowest BCUT2D eigenvalue weighted by molar-refractivity contribution is 0.356. The van der Waals surface area contributed by atoms with E-state index in [1.807, 2.05) is 48.3 Å². The van der Waals surface area contributed by atoms with Crippen LogP contribution in [-0.2, 0) is 0 Å². The molecule has 0 unspecified atom stereocenters. The SMILES string of the molecule is COc1cc2ncnc(N(C)c3ccc(N)cc3)c2cc1OC.Cl. The van der Waals surface area contributed by atoms with Crippen LogP contribution in [0.5, 0.6) is 11.5 Å². The number of hydrogen-bond donors (Lipinski definition) is 1. The van der Waals surface area contributed by atoms with Crippen LogP contribution in [0.25, 0.3) is 10.9 Å². The van der Waals surface area contributed by atoms with Gasteiger partial charge in [0.1, 0.15) is 12.1 Å². The number of benzene rings is 2. The van der Waals surface area contributed by atoms with Crippen molar-refractivity contribution in [1.82, 2.24) is 9.97 Å². The predicted molar refractivity (Wildman–Crippen MR) is 98.8 cm³/mol. The Morgan fingerprint density at radius 1 is 0.958 bits per heavy atom. The van der Waals surface area contributed by atoms with E-state index in [1.54, 1.807) is 14.2 Å². The molecule has 1 heterocycles. The van der Waals surface area contributed by atoms with Crippen LogP contribution in [0.15, 0.2) is 42.7 Å². The average Bonchev–Trinajstić information content (AvgIpc) is 2.60. The van der Waals surface area contributed by atoms with Crippen molar-refractivity contribution in [3.05, 3.63) is 42.7 Å². The van der Waals surface area contributed by atoms with Crippen molar-refractivity contribution in [1.29, 1.82) is 0 Å². The molecule has 0 saturated heterocycles. The summed E-state index contributed by atoms with van der Waals surface area (Å²) in [6.45, 7) is 0. The van der Waals surface area contributed by atoms with Crippen molar-refractivity contribution in [2.24, 2.45) is 0 Å². The normalized spacial score (nSPS) is 10.1. The number of halogens is 1. The molecule has 0 aliphatic heterocycles. The van der Waals surface area contributed by atoms with Crippen molar-refractivity contribution < 1.29 is 9.47 Å². The van der Waals surface area contributed by atoms with Gasteiger partial charge in [0.25, 0.3) is 0 Å². The van der Waals surface area contributed by atoms with Crippen LogP contribution in [0.1, 0.15) is 0 Å². The topological polar surface area (TPSA) is 73.5 Å². The van der Waals surface area contributed by atoms with Gasteiger partial charge in [0.15, 0.2) is 11.5 Å². The van der Waals surface area contributed by atoms with Crippen LogP contribution >= 0.6 is 12.4 Å². The maximum atomic E-state index is 5.75. The summed E-state index contributed by atoms with van der Waals surface area (Å²) in [6.07, 6.45) is 1.54. The van der Waals surface area contributed by atoms with Crippen LogP contribution in [0, 0.1) is 0 Å². The summed E-state index contributed by atoms with van der Waals surface area (Å²) in [7, 11) is 5.16. The van der Waals surface area contributed by atoms with Crippen LogP contribution in [0.3, 0.4) is 0 Å². The number of anilines is 3. The van der Waals surface area contributed by atoms with Crippen LogP contribution in [0.2, 0.25) is 0 Å². The zero-order valence-electron chi connectivity index (χ0n) is 13.7. The number of fused-ring (bicyclic) bond motifs is 1. The molecule has 0 atom stereocenters. The minimum Gasteiger partial charge on any atom is -0.493 e. The molecule has 0 amide bonds. The predicted octanol–water partition coefficient (Wildman–Crippen LogP) is 3.42. The van der Waals surface area contributed by atoms with Gasteiger partial charge in [-0.3, -0.25) is 0 Å². The zero-order chi connectivity index (χ0) is 16.4. The fourth-order valence-electron chi connectivity index (χ4n) is 2.46. The quantitative estimate of drug-likeness (QED) is 0.730. The molecule has 0 spiro atoms. The third-order valence-corrected chi connectivity index (χ3v) is 3.72.